The zero-order chi connectivity index (χ0) is 18.4. The Morgan fingerprint density at radius 1 is 1.52 bits per heavy atom. The van der Waals surface area contributed by atoms with E-state index in [0.717, 1.165) is 11.8 Å². The molecule has 9 heteroatoms. The van der Waals surface area contributed by atoms with Gasteiger partial charge in [-0.05, 0) is 24.1 Å². The number of ether oxygens (including phenoxy) is 1. The second kappa shape index (κ2) is 8.34. The van der Waals surface area contributed by atoms with Crippen LogP contribution < -0.4 is 10.1 Å². The molecule has 132 valence electrons. The van der Waals surface area contributed by atoms with Crippen molar-refractivity contribution in [1.82, 2.24) is 5.32 Å². The van der Waals surface area contributed by atoms with Gasteiger partial charge in [0, 0.05) is 5.56 Å². The Balaban J connectivity index is 2.14. The predicted octanol–water partition coefficient (Wildman–Crippen LogP) is 1.53. The number of phenolic OH excluding ortho intramolecular Hbond substituents is 1. The number of carboxylic acid groups (broad SMARTS) is 1. The molecule has 1 heterocycles. The Bertz CT molecular complexity index is 760. The van der Waals surface area contributed by atoms with Crippen LogP contribution in [0.4, 0.5) is 0 Å². The molecule has 1 aliphatic heterocycles. The van der Waals surface area contributed by atoms with Crippen molar-refractivity contribution in [3.8, 4) is 11.5 Å². The maximum Gasteiger partial charge on any atom is 0.305 e. The lowest BCUT2D eigenvalue weighted by atomic mass is 10.1. The molecular formula is C16H17N3O5S. The highest BCUT2D eigenvalue weighted by atomic mass is 32.2. The van der Waals surface area contributed by atoms with Gasteiger partial charge >= 0.3 is 5.97 Å². The lowest BCUT2D eigenvalue weighted by Crippen LogP contribution is -2.26. The minimum Gasteiger partial charge on any atom is -0.504 e. The molecule has 0 bridgehead atoms. The molecule has 0 spiro atoms. The van der Waals surface area contributed by atoms with Crippen LogP contribution >= 0.6 is 11.8 Å². The first-order valence-electron chi connectivity index (χ1n) is 7.25. The Hall–Kier alpha value is -2.81. The summed E-state index contributed by atoms with van der Waals surface area (Å²) in [5, 5.41) is 28.6. The van der Waals surface area contributed by atoms with Crippen LogP contribution in [0.3, 0.4) is 0 Å². The number of methoxy groups -OCH3 is 1. The zero-order valence-electron chi connectivity index (χ0n) is 13.4. The molecule has 0 saturated carbocycles. The third kappa shape index (κ3) is 4.83. The second-order valence-corrected chi connectivity index (χ2v) is 6.26. The van der Waals surface area contributed by atoms with Crippen LogP contribution in [0.5, 0.6) is 11.5 Å². The third-order valence-corrected chi connectivity index (χ3v) is 4.32. The van der Waals surface area contributed by atoms with Crippen LogP contribution in [0.1, 0.15) is 17.5 Å². The summed E-state index contributed by atoms with van der Waals surface area (Å²) >= 11 is 1.02. The summed E-state index contributed by atoms with van der Waals surface area (Å²) in [5.74, 6) is -1.11. The van der Waals surface area contributed by atoms with Crippen LogP contribution in [0.2, 0.25) is 0 Å². The molecule has 1 unspecified atom stereocenters. The zero-order valence-corrected chi connectivity index (χ0v) is 14.2. The summed E-state index contributed by atoms with van der Waals surface area (Å²) in [6, 6.07) is 3.32. The summed E-state index contributed by atoms with van der Waals surface area (Å²) in [7, 11) is 1.45. The number of rotatable bonds is 7. The molecule has 3 N–H and O–H groups in total. The average Bonchev–Trinajstić information content (AvgIpc) is 2.89. The topological polar surface area (TPSA) is 121 Å². The van der Waals surface area contributed by atoms with E-state index in [1.165, 1.54) is 13.3 Å². The summed E-state index contributed by atoms with van der Waals surface area (Å²) < 4.78 is 5.12. The molecule has 0 aromatic heterocycles. The fourth-order valence-electron chi connectivity index (χ4n) is 2.12. The minimum absolute atomic E-state index is 0.0426. The molecule has 0 radical (unpaired) electrons. The number of carboxylic acids is 1. The van der Waals surface area contributed by atoms with E-state index in [2.05, 4.69) is 22.1 Å². The lowest BCUT2D eigenvalue weighted by Gasteiger charge is -2.08. The van der Waals surface area contributed by atoms with Crippen LogP contribution in [-0.2, 0) is 16.0 Å². The van der Waals surface area contributed by atoms with Crippen molar-refractivity contribution in [2.45, 2.75) is 18.1 Å². The van der Waals surface area contributed by atoms with Crippen molar-refractivity contribution < 1.29 is 24.5 Å². The first kappa shape index (κ1) is 18.5. The number of phenols is 1. The smallest absolute Gasteiger partial charge is 0.305 e. The first-order valence-corrected chi connectivity index (χ1v) is 8.13. The van der Waals surface area contributed by atoms with Gasteiger partial charge in [-0.2, -0.15) is 5.10 Å². The van der Waals surface area contributed by atoms with Gasteiger partial charge in [0.25, 0.3) is 0 Å². The van der Waals surface area contributed by atoms with Gasteiger partial charge in [0.1, 0.15) is 5.25 Å². The standard InChI is InChI=1S/C16H17N3O5S/c1-3-4-10-5-9(6-11(24-2)14(10)22)8-17-19-16-18-15(23)12(25-16)7-13(20)21/h3,5-6,8,12,22H,1,4,7H2,2H3,(H,20,21)(H,18,19,23). The first-order chi connectivity index (χ1) is 11.9. The van der Waals surface area contributed by atoms with E-state index in [0.29, 0.717) is 23.3 Å². The van der Waals surface area contributed by atoms with Crippen molar-refractivity contribution in [3.05, 3.63) is 35.9 Å². The number of benzene rings is 1. The molecule has 1 amide bonds. The summed E-state index contributed by atoms with van der Waals surface area (Å²) in [5.41, 5.74) is 1.28. The van der Waals surface area contributed by atoms with Gasteiger partial charge in [-0.1, -0.05) is 17.8 Å². The minimum atomic E-state index is -1.05. The van der Waals surface area contributed by atoms with Gasteiger partial charge in [0.15, 0.2) is 16.7 Å². The predicted molar refractivity (Wildman–Crippen MR) is 95.4 cm³/mol. The fourth-order valence-corrected chi connectivity index (χ4v) is 3.04. The fraction of sp³-hybridized carbons (Fsp3) is 0.250. The van der Waals surface area contributed by atoms with Crippen LogP contribution in [0.25, 0.3) is 0 Å². The Labute approximate surface area is 148 Å². The van der Waals surface area contributed by atoms with E-state index in [1.54, 1.807) is 18.2 Å². The van der Waals surface area contributed by atoms with Gasteiger partial charge in [0.05, 0.1) is 19.7 Å². The van der Waals surface area contributed by atoms with Crippen LogP contribution in [0.15, 0.2) is 35.0 Å². The average molecular weight is 363 g/mol. The van der Waals surface area contributed by atoms with E-state index in [4.69, 9.17) is 9.84 Å². The van der Waals surface area contributed by atoms with Gasteiger partial charge in [-0.3, -0.25) is 9.59 Å². The molecule has 2 rings (SSSR count). The quantitative estimate of drug-likeness (QED) is 0.384. The normalized spacial score (nSPS) is 18.5. The highest BCUT2D eigenvalue weighted by Gasteiger charge is 2.32. The Morgan fingerprint density at radius 2 is 2.28 bits per heavy atom. The maximum atomic E-state index is 11.6. The molecule has 1 aromatic carbocycles. The number of aromatic hydroxyl groups is 1. The van der Waals surface area contributed by atoms with Crippen LogP contribution in [-0.4, -0.2) is 45.8 Å². The number of carbonyl (C=O) groups excluding carboxylic acids is 1. The number of carbonyl (C=O) groups is 2. The molecule has 1 fully saturated rings. The van der Waals surface area contributed by atoms with Crippen molar-refractivity contribution in [1.29, 1.82) is 0 Å². The highest BCUT2D eigenvalue weighted by molar-refractivity contribution is 8.15. The Kier molecular flexibility index (Phi) is 6.18. The molecule has 1 aliphatic rings. The molecule has 1 atom stereocenters. The number of aliphatic carboxylic acids is 1. The molecule has 1 saturated heterocycles. The number of amidine groups is 1. The van der Waals surface area contributed by atoms with E-state index in [1.807, 2.05) is 0 Å². The van der Waals surface area contributed by atoms with Gasteiger partial charge < -0.3 is 20.3 Å². The number of hydrogen-bond donors (Lipinski definition) is 3. The monoisotopic (exact) mass is 363 g/mol. The third-order valence-electron chi connectivity index (χ3n) is 3.25. The van der Waals surface area contributed by atoms with Gasteiger partial charge in [-0.25, -0.2) is 0 Å². The van der Waals surface area contributed by atoms with Crippen molar-refractivity contribution in [3.63, 3.8) is 0 Å². The van der Waals surface area contributed by atoms with Crippen molar-refractivity contribution >= 4 is 35.0 Å². The molecule has 8 nitrogen and oxygen atoms in total. The Morgan fingerprint density at radius 3 is 2.92 bits per heavy atom. The molecular weight excluding hydrogens is 346 g/mol. The van der Waals surface area contributed by atoms with E-state index >= 15 is 0 Å². The molecule has 25 heavy (non-hydrogen) atoms. The molecule has 0 aliphatic carbocycles. The number of nitrogens with one attached hydrogen (secondary N) is 1. The van der Waals surface area contributed by atoms with E-state index in [-0.39, 0.29) is 17.3 Å². The maximum absolute atomic E-state index is 11.6. The number of amides is 1. The number of thioether (sulfide) groups is 1. The van der Waals surface area contributed by atoms with E-state index in [9.17, 15) is 14.7 Å². The van der Waals surface area contributed by atoms with E-state index < -0.39 is 17.1 Å². The SMILES string of the molecule is C=CCc1cc(C=NN=C2NC(=O)C(CC(=O)O)S2)cc(OC)c1O. The van der Waals surface area contributed by atoms with Crippen LogP contribution in [0, 0.1) is 0 Å². The summed E-state index contributed by atoms with van der Waals surface area (Å²) in [4.78, 5) is 22.3. The largest absolute Gasteiger partial charge is 0.504 e. The number of hydrogen-bond acceptors (Lipinski definition) is 7. The van der Waals surface area contributed by atoms with Gasteiger partial charge in [-0.15, -0.1) is 11.7 Å². The second-order valence-electron chi connectivity index (χ2n) is 5.07. The summed E-state index contributed by atoms with van der Waals surface area (Å²) in [6.45, 7) is 3.64. The highest BCUT2D eigenvalue weighted by Crippen LogP contribution is 2.31. The molecule has 1 aromatic rings. The van der Waals surface area contributed by atoms with Crippen molar-refractivity contribution in [2.24, 2.45) is 10.2 Å². The van der Waals surface area contributed by atoms with Gasteiger partial charge in [0.2, 0.25) is 5.91 Å². The summed E-state index contributed by atoms with van der Waals surface area (Å²) in [6.07, 6.45) is 3.28. The number of allylic oxidation sites excluding steroid dienone is 1. The number of nitrogens with zero attached hydrogens (tertiary/aromatic N) is 2. The lowest BCUT2D eigenvalue weighted by molar-refractivity contribution is -0.138. The van der Waals surface area contributed by atoms with Crippen molar-refractivity contribution in [2.75, 3.05) is 7.11 Å².